The summed E-state index contributed by atoms with van der Waals surface area (Å²) in [7, 11) is 0. The van der Waals surface area contributed by atoms with E-state index in [0.717, 1.165) is 5.56 Å². The molecule has 1 aromatic heterocycles. The summed E-state index contributed by atoms with van der Waals surface area (Å²) in [4.78, 5) is 24.7. The number of amides is 1. The number of rotatable bonds is 4. The van der Waals surface area contributed by atoms with Crippen molar-refractivity contribution in [3.05, 3.63) is 82.3 Å². The number of hydrogen-bond acceptors (Lipinski definition) is 4. The minimum atomic E-state index is -0.613. The normalized spacial score (nSPS) is 10.9. The smallest absolute Gasteiger partial charge is 0.262 e. The van der Waals surface area contributed by atoms with Crippen LogP contribution in [-0.4, -0.2) is 12.5 Å². The molecule has 4 aromatic rings. The average Bonchev–Trinajstić information content (AvgIpc) is 2.68. The van der Waals surface area contributed by atoms with Crippen LogP contribution in [0.3, 0.4) is 0 Å². The summed E-state index contributed by atoms with van der Waals surface area (Å²) >= 11 is 0. The van der Waals surface area contributed by atoms with E-state index in [1.54, 1.807) is 18.2 Å². The number of para-hydroxylation sites is 2. The van der Waals surface area contributed by atoms with Crippen molar-refractivity contribution in [1.29, 1.82) is 0 Å². The summed E-state index contributed by atoms with van der Waals surface area (Å²) in [6, 6.07) is 16.2. The lowest BCUT2D eigenvalue weighted by atomic mass is 10.1. The summed E-state index contributed by atoms with van der Waals surface area (Å²) in [5.41, 5.74) is 1.12. The molecule has 5 nitrogen and oxygen atoms in total. The fourth-order valence-electron chi connectivity index (χ4n) is 2.98. The third kappa shape index (κ3) is 3.32. The number of nitrogens with one attached hydrogen (secondary N) is 1. The number of carbonyl (C=O) groups excluding carboxylic acids is 1. The molecule has 0 saturated carbocycles. The molecule has 0 radical (unpaired) electrons. The Hall–Kier alpha value is -3.67. The fourth-order valence-corrected chi connectivity index (χ4v) is 2.98. The maximum Gasteiger partial charge on any atom is 0.262 e. The van der Waals surface area contributed by atoms with E-state index in [1.807, 2.05) is 25.1 Å². The van der Waals surface area contributed by atoms with E-state index < -0.39 is 5.82 Å². The second-order valence-electron chi connectivity index (χ2n) is 6.36. The zero-order valence-corrected chi connectivity index (χ0v) is 15.0. The van der Waals surface area contributed by atoms with E-state index in [9.17, 15) is 14.0 Å². The molecule has 0 aliphatic carbocycles. The molecule has 140 valence electrons. The van der Waals surface area contributed by atoms with Gasteiger partial charge in [-0.1, -0.05) is 24.3 Å². The average molecular weight is 377 g/mol. The Morgan fingerprint density at radius 2 is 1.89 bits per heavy atom. The first-order valence-corrected chi connectivity index (χ1v) is 8.66. The van der Waals surface area contributed by atoms with Gasteiger partial charge in [0, 0.05) is 11.8 Å². The Morgan fingerprint density at radius 1 is 1.07 bits per heavy atom. The number of ether oxygens (including phenoxy) is 1. The van der Waals surface area contributed by atoms with Crippen LogP contribution in [0, 0.1) is 12.7 Å². The Labute approximate surface area is 159 Å². The van der Waals surface area contributed by atoms with Crippen LogP contribution in [0.2, 0.25) is 0 Å². The van der Waals surface area contributed by atoms with E-state index >= 15 is 0 Å². The van der Waals surface area contributed by atoms with Crippen LogP contribution in [0.5, 0.6) is 5.75 Å². The minimum absolute atomic E-state index is 0.105. The Morgan fingerprint density at radius 3 is 2.71 bits per heavy atom. The number of carbonyl (C=O) groups is 1. The SMILES string of the molecule is Cc1ccccc1OCC(=O)Nc1ccc2c(=O)c3cccc(F)c3oc2c1. The van der Waals surface area contributed by atoms with Gasteiger partial charge in [-0.05, 0) is 42.8 Å². The molecule has 1 amide bonds. The Bertz CT molecular complexity index is 1260. The number of hydrogen-bond donors (Lipinski definition) is 1. The quantitative estimate of drug-likeness (QED) is 0.535. The van der Waals surface area contributed by atoms with Gasteiger partial charge in [0.1, 0.15) is 11.3 Å². The lowest BCUT2D eigenvalue weighted by molar-refractivity contribution is -0.118. The highest BCUT2D eigenvalue weighted by atomic mass is 19.1. The molecule has 28 heavy (non-hydrogen) atoms. The topological polar surface area (TPSA) is 68.5 Å². The maximum absolute atomic E-state index is 14.0. The number of fused-ring (bicyclic) bond motifs is 2. The van der Waals surface area contributed by atoms with Crippen molar-refractivity contribution in [2.24, 2.45) is 0 Å². The standard InChI is InChI=1S/C22H16FNO4/c1-13-5-2-3-8-18(13)27-12-20(25)24-14-9-10-15-19(11-14)28-22-16(21(15)26)6-4-7-17(22)23/h2-11H,12H2,1H3,(H,24,25). The third-order valence-corrected chi connectivity index (χ3v) is 4.39. The molecule has 0 aliphatic rings. The molecule has 6 heteroatoms. The highest BCUT2D eigenvalue weighted by Crippen LogP contribution is 2.23. The van der Waals surface area contributed by atoms with Crippen LogP contribution in [0.25, 0.3) is 21.9 Å². The number of benzene rings is 3. The van der Waals surface area contributed by atoms with Crippen LogP contribution >= 0.6 is 0 Å². The molecule has 0 saturated heterocycles. The van der Waals surface area contributed by atoms with Gasteiger partial charge in [-0.25, -0.2) is 4.39 Å². The Kier molecular flexibility index (Phi) is 4.53. The summed E-state index contributed by atoms with van der Waals surface area (Å²) in [5.74, 6) is -0.349. The van der Waals surface area contributed by atoms with Gasteiger partial charge in [-0.15, -0.1) is 0 Å². The minimum Gasteiger partial charge on any atom is -0.483 e. The van der Waals surface area contributed by atoms with E-state index in [-0.39, 0.29) is 34.5 Å². The van der Waals surface area contributed by atoms with Gasteiger partial charge in [-0.3, -0.25) is 9.59 Å². The van der Waals surface area contributed by atoms with Crippen molar-refractivity contribution in [2.75, 3.05) is 11.9 Å². The largest absolute Gasteiger partial charge is 0.483 e. The first kappa shape index (κ1) is 17.7. The molecule has 0 unspecified atom stereocenters. The molecule has 4 rings (SSSR count). The van der Waals surface area contributed by atoms with Gasteiger partial charge in [-0.2, -0.15) is 0 Å². The van der Waals surface area contributed by atoms with Crippen molar-refractivity contribution >= 4 is 33.5 Å². The summed E-state index contributed by atoms with van der Waals surface area (Å²) in [6.07, 6.45) is 0. The second kappa shape index (κ2) is 7.15. The third-order valence-electron chi connectivity index (χ3n) is 4.39. The molecule has 0 aliphatic heterocycles. The van der Waals surface area contributed by atoms with E-state index in [0.29, 0.717) is 16.8 Å². The number of aryl methyl sites for hydroxylation is 1. The van der Waals surface area contributed by atoms with Crippen molar-refractivity contribution in [3.63, 3.8) is 0 Å². The predicted octanol–water partition coefficient (Wildman–Crippen LogP) is 4.41. The second-order valence-corrected chi connectivity index (χ2v) is 6.36. The molecule has 3 aromatic carbocycles. The van der Waals surface area contributed by atoms with Crippen molar-refractivity contribution in [1.82, 2.24) is 0 Å². The monoisotopic (exact) mass is 377 g/mol. The lowest BCUT2D eigenvalue weighted by Gasteiger charge is -2.10. The van der Waals surface area contributed by atoms with Crippen molar-refractivity contribution in [2.45, 2.75) is 6.92 Å². The number of anilines is 1. The van der Waals surface area contributed by atoms with Gasteiger partial charge < -0.3 is 14.5 Å². The Balaban J connectivity index is 1.58. The van der Waals surface area contributed by atoms with Crippen molar-refractivity contribution < 1.29 is 18.3 Å². The zero-order chi connectivity index (χ0) is 19.7. The van der Waals surface area contributed by atoms with Gasteiger partial charge in [0.2, 0.25) is 5.43 Å². The lowest BCUT2D eigenvalue weighted by Crippen LogP contribution is -2.20. The van der Waals surface area contributed by atoms with Gasteiger partial charge in [0.15, 0.2) is 18.0 Å². The highest BCUT2D eigenvalue weighted by Gasteiger charge is 2.12. The molecular formula is C22H16FNO4. The van der Waals surface area contributed by atoms with Gasteiger partial charge >= 0.3 is 0 Å². The van der Waals surface area contributed by atoms with E-state index in [2.05, 4.69) is 5.32 Å². The summed E-state index contributed by atoms with van der Waals surface area (Å²) in [5, 5.41) is 3.18. The van der Waals surface area contributed by atoms with E-state index in [4.69, 9.17) is 9.15 Å². The van der Waals surface area contributed by atoms with Crippen LogP contribution in [0.4, 0.5) is 10.1 Å². The first-order chi connectivity index (χ1) is 13.5. The van der Waals surface area contributed by atoms with Gasteiger partial charge in [0.05, 0.1) is 10.8 Å². The molecule has 0 bridgehead atoms. The highest BCUT2D eigenvalue weighted by molar-refractivity contribution is 5.96. The van der Waals surface area contributed by atoms with Gasteiger partial charge in [0.25, 0.3) is 5.91 Å². The van der Waals surface area contributed by atoms with Crippen LogP contribution < -0.4 is 15.5 Å². The summed E-state index contributed by atoms with van der Waals surface area (Å²) in [6.45, 7) is 1.72. The van der Waals surface area contributed by atoms with Crippen LogP contribution in [0.1, 0.15) is 5.56 Å². The number of halogens is 1. The van der Waals surface area contributed by atoms with Crippen molar-refractivity contribution in [3.8, 4) is 5.75 Å². The zero-order valence-electron chi connectivity index (χ0n) is 15.0. The molecule has 1 N–H and O–H groups in total. The fraction of sp³-hybridized carbons (Fsp3) is 0.0909. The molecular weight excluding hydrogens is 361 g/mol. The molecule has 0 fully saturated rings. The van der Waals surface area contributed by atoms with Crippen LogP contribution in [0.15, 0.2) is 69.9 Å². The predicted molar refractivity (Wildman–Crippen MR) is 105 cm³/mol. The van der Waals surface area contributed by atoms with E-state index in [1.165, 1.54) is 24.3 Å². The maximum atomic E-state index is 14.0. The summed E-state index contributed by atoms with van der Waals surface area (Å²) < 4.78 is 25.1. The van der Waals surface area contributed by atoms with Crippen LogP contribution in [-0.2, 0) is 4.79 Å². The molecule has 1 heterocycles. The first-order valence-electron chi connectivity index (χ1n) is 8.66. The molecule has 0 atom stereocenters. The molecule has 0 spiro atoms.